The van der Waals surface area contributed by atoms with Crippen LogP contribution in [0.25, 0.3) is 5.52 Å². The van der Waals surface area contributed by atoms with Crippen LogP contribution < -0.4 is 10.6 Å². The molecule has 0 unspecified atom stereocenters. The van der Waals surface area contributed by atoms with Gasteiger partial charge >= 0.3 is 5.69 Å². The SMILES string of the molecule is Cn1cc2cc(N3CCc4cc(C(=O)N5CCCCC5)cnc43)ccn2c1=O. The second-order valence-corrected chi connectivity index (χ2v) is 7.66. The number of piperidine rings is 1. The van der Waals surface area contributed by atoms with Crippen molar-refractivity contribution in [2.45, 2.75) is 25.7 Å². The van der Waals surface area contributed by atoms with Gasteiger partial charge in [0.1, 0.15) is 5.82 Å². The predicted octanol–water partition coefficient (Wildman–Crippen LogP) is 2.35. The molecule has 1 fully saturated rings. The normalized spacial score (nSPS) is 16.6. The van der Waals surface area contributed by atoms with Crippen molar-refractivity contribution in [3.63, 3.8) is 0 Å². The molecule has 1 saturated heterocycles. The Balaban J connectivity index is 1.45. The number of carbonyl (C=O) groups is 1. The maximum Gasteiger partial charge on any atom is 0.332 e. The summed E-state index contributed by atoms with van der Waals surface area (Å²) >= 11 is 0. The highest BCUT2D eigenvalue weighted by Gasteiger charge is 2.25. The molecule has 7 nitrogen and oxygen atoms in total. The number of rotatable bonds is 2. The van der Waals surface area contributed by atoms with Gasteiger partial charge in [-0.1, -0.05) is 0 Å². The fourth-order valence-corrected chi connectivity index (χ4v) is 4.29. The van der Waals surface area contributed by atoms with Gasteiger partial charge in [-0.15, -0.1) is 0 Å². The van der Waals surface area contributed by atoms with Crippen LogP contribution in [0.2, 0.25) is 0 Å². The Hall–Kier alpha value is -3.09. The lowest BCUT2D eigenvalue weighted by atomic mass is 10.1. The summed E-state index contributed by atoms with van der Waals surface area (Å²) in [5.74, 6) is 0.997. The molecule has 5 rings (SSSR count). The molecule has 144 valence electrons. The number of anilines is 2. The number of carbonyl (C=O) groups excluding carboxylic acids is 1. The van der Waals surface area contributed by atoms with Crippen LogP contribution in [-0.2, 0) is 13.5 Å². The fourth-order valence-electron chi connectivity index (χ4n) is 4.29. The molecule has 0 spiro atoms. The highest BCUT2D eigenvalue weighted by molar-refractivity contribution is 5.94. The van der Waals surface area contributed by atoms with Crippen LogP contribution >= 0.6 is 0 Å². The van der Waals surface area contributed by atoms with E-state index < -0.39 is 0 Å². The number of hydrogen-bond donors (Lipinski definition) is 0. The second kappa shape index (κ2) is 6.51. The zero-order valence-electron chi connectivity index (χ0n) is 16.0. The molecule has 0 aliphatic carbocycles. The second-order valence-electron chi connectivity index (χ2n) is 7.66. The molecular weight excluding hydrogens is 354 g/mol. The largest absolute Gasteiger partial charge is 0.339 e. The molecule has 0 radical (unpaired) electrons. The first-order valence-electron chi connectivity index (χ1n) is 9.85. The van der Waals surface area contributed by atoms with Crippen LogP contribution in [0.3, 0.4) is 0 Å². The summed E-state index contributed by atoms with van der Waals surface area (Å²) in [5.41, 5.74) is 3.60. The van der Waals surface area contributed by atoms with E-state index in [9.17, 15) is 9.59 Å². The van der Waals surface area contributed by atoms with E-state index in [1.807, 2.05) is 29.3 Å². The topological polar surface area (TPSA) is 62.9 Å². The Morgan fingerprint density at radius 3 is 2.75 bits per heavy atom. The van der Waals surface area contributed by atoms with Gasteiger partial charge in [-0.25, -0.2) is 9.78 Å². The van der Waals surface area contributed by atoms with Crippen molar-refractivity contribution in [3.8, 4) is 0 Å². The minimum Gasteiger partial charge on any atom is -0.339 e. The first-order valence-corrected chi connectivity index (χ1v) is 9.85. The lowest BCUT2D eigenvalue weighted by Crippen LogP contribution is -2.35. The number of likely N-dealkylation sites (tertiary alicyclic amines) is 1. The van der Waals surface area contributed by atoms with Gasteiger partial charge in [0, 0.05) is 51.0 Å². The highest BCUT2D eigenvalue weighted by atomic mass is 16.2. The maximum absolute atomic E-state index is 12.8. The van der Waals surface area contributed by atoms with Crippen LogP contribution in [0.1, 0.15) is 35.2 Å². The van der Waals surface area contributed by atoms with E-state index in [-0.39, 0.29) is 11.6 Å². The van der Waals surface area contributed by atoms with Crippen molar-refractivity contribution in [3.05, 3.63) is 58.4 Å². The van der Waals surface area contributed by atoms with Crippen molar-refractivity contribution in [1.82, 2.24) is 18.9 Å². The van der Waals surface area contributed by atoms with Gasteiger partial charge in [-0.2, -0.15) is 0 Å². The van der Waals surface area contributed by atoms with E-state index in [4.69, 9.17) is 0 Å². The van der Waals surface area contributed by atoms with E-state index in [1.165, 1.54) is 6.42 Å². The molecule has 1 amide bonds. The molecule has 3 aromatic rings. The third-order valence-corrected chi connectivity index (χ3v) is 5.81. The summed E-state index contributed by atoms with van der Waals surface area (Å²) in [4.78, 5) is 33.6. The standard InChI is InChI=1S/C21H23N5O2/c1-23-14-18-12-17(6-10-26(18)21(23)28)25-9-5-15-11-16(13-22-19(15)25)20(27)24-7-3-2-4-8-24/h6,10-14H,2-5,7-9H2,1H3. The van der Waals surface area contributed by atoms with Gasteiger partial charge in [0.2, 0.25) is 0 Å². The monoisotopic (exact) mass is 377 g/mol. The van der Waals surface area contributed by atoms with Gasteiger partial charge in [-0.3, -0.25) is 9.20 Å². The lowest BCUT2D eigenvalue weighted by Gasteiger charge is -2.26. The van der Waals surface area contributed by atoms with E-state index >= 15 is 0 Å². The molecular formula is C21H23N5O2. The highest BCUT2D eigenvalue weighted by Crippen LogP contribution is 2.33. The summed E-state index contributed by atoms with van der Waals surface area (Å²) in [7, 11) is 1.75. The summed E-state index contributed by atoms with van der Waals surface area (Å²) in [6, 6.07) is 5.95. The van der Waals surface area contributed by atoms with Gasteiger partial charge in [0.05, 0.1) is 11.1 Å². The number of aromatic nitrogens is 3. The minimum atomic E-state index is -0.0534. The Labute approximate surface area is 162 Å². The van der Waals surface area contributed by atoms with Crippen molar-refractivity contribution in [2.75, 3.05) is 24.5 Å². The zero-order valence-corrected chi connectivity index (χ0v) is 16.0. The number of imidazole rings is 1. The molecule has 5 heterocycles. The Morgan fingerprint density at radius 1 is 1.11 bits per heavy atom. The first-order chi connectivity index (χ1) is 13.6. The zero-order chi connectivity index (χ0) is 19.3. The molecule has 0 saturated carbocycles. The van der Waals surface area contributed by atoms with Gasteiger partial charge in [-0.05, 0) is 49.4 Å². The van der Waals surface area contributed by atoms with E-state index in [1.54, 1.807) is 28.4 Å². The molecule has 2 aliphatic rings. The van der Waals surface area contributed by atoms with Crippen molar-refractivity contribution in [1.29, 1.82) is 0 Å². The Bertz CT molecular complexity index is 1120. The number of fused-ring (bicyclic) bond motifs is 2. The molecule has 0 N–H and O–H groups in total. The van der Waals surface area contributed by atoms with E-state index in [0.29, 0.717) is 5.56 Å². The number of pyridine rings is 2. The minimum absolute atomic E-state index is 0.0534. The molecule has 7 heteroatoms. The molecule has 28 heavy (non-hydrogen) atoms. The van der Waals surface area contributed by atoms with E-state index in [0.717, 1.165) is 61.5 Å². The van der Waals surface area contributed by atoms with Gasteiger partial charge in [0.25, 0.3) is 5.91 Å². The first kappa shape index (κ1) is 17.0. The number of nitrogens with zero attached hydrogens (tertiary/aromatic N) is 5. The van der Waals surface area contributed by atoms with Crippen molar-refractivity contribution in [2.24, 2.45) is 7.05 Å². The average Bonchev–Trinajstić information content (AvgIpc) is 3.28. The Kier molecular flexibility index (Phi) is 3.96. The van der Waals surface area contributed by atoms with Crippen molar-refractivity contribution >= 4 is 22.9 Å². The summed E-state index contributed by atoms with van der Waals surface area (Å²) in [6.45, 7) is 2.51. The molecule has 3 aromatic heterocycles. The Morgan fingerprint density at radius 2 is 1.93 bits per heavy atom. The molecule has 0 aromatic carbocycles. The lowest BCUT2D eigenvalue weighted by molar-refractivity contribution is 0.0724. The van der Waals surface area contributed by atoms with Crippen LogP contribution in [0, 0.1) is 0 Å². The van der Waals surface area contributed by atoms with E-state index in [2.05, 4.69) is 9.88 Å². The predicted molar refractivity (Wildman–Crippen MR) is 107 cm³/mol. The van der Waals surface area contributed by atoms with Crippen LogP contribution in [0.5, 0.6) is 0 Å². The quantitative estimate of drug-likeness (QED) is 0.688. The van der Waals surface area contributed by atoms with Gasteiger partial charge in [0.15, 0.2) is 0 Å². The number of amides is 1. The van der Waals surface area contributed by atoms with Crippen LogP contribution in [-0.4, -0.2) is 44.4 Å². The summed E-state index contributed by atoms with van der Waals surface area (Å²) < 4.78 is 3.21. The average molecular weight is 377 g/mol. The third kappa shape index (κ3) is 2.69. The third-order valence-electron chi connectivity index (χ3n) is 5.81. The number of hydrogen-bond acceptors (Lipinski definition) is 4. The molecule has 0 bridgehead atoms. The summed E-state index contributed by atoms with van der Waals surface area (Å²) in [5, 5.41) is 0. The van der Waals surface area contributed by atoms with Crippen LogP contribution in [0.15, 0.2) is 41.6 Å². The molecule has 0 atom stereocenters. The van der Waals surface area contributed by atoms with Gasteiger partial charge < -0.3 is 14.4 Å². The summed E-state index contributed by atoms with van der Waals surface area (Å²) in [6.07, 6.45) is 9.58. The molecule has 2 aliphatic heterocycles. The van der Waals surface area contributed by atoms with Crippen LogP contribution in [0.4, 0.5) is 11.5 Å². The fraction of sp³-hybridized carbons (Fsp3) is 0.381. The smallest absolute Gasteiger partial charge is 0.332 e. The maximum atomic E-state index is 12.8. The van der Waals surface area contributed by atoms with Crippen molar-refractivity contribution < 1.29 is 4.79 Å². The number of aryl methyl sites for hydroxylation is 1.